The maximum absolute atomic E-state index is 5.94. The highest BCUT2D eigenvalue weighted by atomic mass is 35.5. The molecule has 1 aromatic heterocycles. The summed E-state index contributed by atoms with van der Waals surface area (Å²) in [7, 11) is 1.85. The predicted octanol–water partition coefficient (Wildman–Crippen LogP) is 4.02. The van der Waals surface area contributed by atoms with E-state index in [1.807, 2.05) is 39.1 Å². The van der Waals surface area contributed by atoms with Crippen molar-refractivity contribution in [1.29, 1.82) is 0 Å². The fourth-order valence-electron chi connectivity index (χ4n) is 1.02. The number of halogens is 1. The molecule has 4 heteroatoms. The lowest BCUT2D eigenvalue weighted by molar-refractivity contribution is 1.41. The number of benzene rings is 1. The highest BCUT2D eigenvalue weighted by Gasteiger charge is 2.04. The van der Waals surface area contributed by atoms with Gasteiger partial charge >= 0.3 is 0 Å². The van der Waals surface area contributed by atoms with E-state index in [0.717, 1.165) is 15.3 Å². The van der Waals surface area contributed by atoms with Crippen LogP contribution in [0.25, 0.3) is 10.2 Å². The first-order valence-corrected chi connectivity index (χ1v) is 5.73. The molecule has 0 spiro atoms. The van der Waals surface area contributed by atoms with Crippen molar-refractivity contribution in [3.63, 3.8) is 0 Å². The Morgan fingerprint density at radius 2 is 2.07 bits per heavy atom. The molecule has 0 amide bonds. The van der Waals surface area contributed by atoms with Gasteiger partial charge in [0.25, 0.3) is 0 Å². The van der Waals surface area contributed by atoms with Crippen LogP contribution in [-0.2, 0) is 0 Å². The molecule has 0 aliphatic rings. The van der Waals surface area contributed by atoms with Crippen LogP contribution in [0.1, 0.15) is 13.8 Å². The third kappa shape index (κ3) is 2.16. The lowest BCUT2D eigenvalue weighted by Gasteiger charge is -1.88. The quantitative estimate of drug-likeness (QED) is 0.798. The second-order valence-corrected chi connectivity index (χ2v) is 3.79. The van der Waals surface area contributed by atoms with E-state index < -0.39 is 0 Å². The van der Waals surface area contributed by atoms with E-state index in [4.69, 9.17) is 11.6 Å². The molecule has 0 saturated heterocycles. The largest absolute Gasteiger partial charge is 0.365 e. The van der Waals surface area contributed by atoms with E-state index in [2.05, 4.69) is 10.3 Å². The van der Waals surface area contributed by atoms with Crippen LogP contribution in [0.5, 0.6) is 0 Å². The number of hydrogen-bond acceptors (Lipinski definition) is 3. The van der Waals surface area contributed by atoms with Gasteiger partial charge in [0.05, 0.1) is 9.72 Å². The number of para-hydroxylation sites is 1. The summed E-state index contributed by atoms with van der Waals surface area (Å²) in [4.78, 5) is 4.31. The lowest BCUT2D eigenvalue weighted by Crippen LogP contribution is -1.84. The second kappa shape index (κ2) is 5.17. The molecule has 0 bridgehead atoms. The molecule has 1 N–H and O–H groups in total. The van der Waals surface area contributed by atoms with E-state index in [9.17, 15) is 0 Å². The van der Waals surface area contributed by atoms with Crippen molar-refractivity contribution in [2.24, 2.45) is 0 Å². The number of nitrogens with one attached hydrogen (secondary N) is 1. The summed E-state index contributed by atoms with van der Waals surface area (Å²) in [6.45, 7) is 4.00. The predicted molar refractivity (Wildman–Crippen MR) is 65.5 cm³/mol. The number of anilines is 1. The highest BCUT2D eigenvalue weighted by Crippen LogP contribution is 2.29. The summed E-state index contributed by atoms with van der Waals surface area (Å²) < 4.78 is 1.12. The monoisotopic (exact) mass is 228 g/mol. The molecule has 0 radical (unpaired) electrons. The highest BCUT2D eigenvalue weighted by molar-refractivity contribution is 7.22. The smallest absolute Gasteiger partial charge is 0.183 e. The topological polar surface area (TPSA) is 24.9 Å². The molecule has 76 valence electrons. The van der Waals surface area contributed by atoms with Crippen LogP contribution in [-0.4, -0.2) is 12.0 Å². The molecule has 14 heavy (non-hydrogen) atoms. The minimum atomic E-state index is 0.713. The lowest BCUT2D eigenvalue weighted by atomic mass is 10.3. The molecule has 2 nitrogen and oxygen atoms in total. The first kappa shape index (κ1) is 11.3. The minimum absolute atomic E-state index is 0.713. The van der Waals surface area contributed by atoms with Gasteiger partial charge in [-0.05, 0) is 12.1 Å². The average molecular weight is 229 g/mol. The van der Waals surface area contributed by atoms with E-state index in [1.54, 1.807) is 11.3 Å². The molecule has 2 rings (SSSR count). The maximum Gasteiger partial charge on any atom is 0.183 e. The average Bonchev–Trinajstić information content (AvgIpc) is 2.65. The number of hydrogen-bond donors (Lipinski definition) is 1. The van der Waals surface area contributed by atoms with Gasteiger partial charge in [0.1, 0.15) is 5.52 Å². The molecule has 0 unspecified atom stereocenters. The number of aromatic nitrogens is 1. The Morgan fingerprint density at radius 1 is 1.36 bits per heavy atom. The fourth-order valence-corrected chi connectivity index (χ4v) is 2.14. The van der Waals surface area contributed by atoms with Crippen LogP contribution in [0.2, 0.25) is 5.02 Å². The standard InChI is InChI=1S/C8H7ClN2S.C2H6/c1-10-8-11-7-5(9)3-2-4-6(7)12-8;1-2/h2-4H,1H3,(H,10,11);1-2H3. The summed E-state index contributed by atoms with van der Waals surface area (Å²) in [6.07, 6.45) is 0. The van der Waals surface area contributed by atoms with Crippen LogP contribution >= 0.6 is 22.9 Å². The van der Waals surface area contributed by atoms with Gasteiger partial charge in [0.15, 0.2) is 5.13 Å². The van der Waals surface area contributed by atoms with Crippen LogP contribution in [0.15, 0.2) is 18.2 Å². The molecule has 1 aromatic carbocycles. The first-order chi connectivity index (χ1) is 6.81. The van der Waals surface area contributed by atoms with Crippen molar-refractivity contribution >= 4 is 38.3 Å². The molecule has 0 aliphatic carbocycles. The number of thiazole rings is 1. The summed E-state index contributed by atoms with van der Waals surface area (Å²) in [6, 6.07) is 5.80. The third-order valence-electron chi connectivity index (χ3n) is 1.58. The van der Waals surface area contributed by atoms with Gasteiger partial charge in [-0.25, -0.2) is 4.98 Å². The van der Waals surface area contributed by atoms with E-state index in [-0.39, 0.29) is 0 Å². The zero-order valence-electron chi connectivity index (χ0n) is 8.47. The van der Waals surface area contributed by atoms with Crippen molar-refractivity contribution in [1.82, 2.24) is 4.98 Å². The Balaban J connectivity index is 0.000000461. The normalized spacial score (nSPS) is 9.43. The van der Waals surface area contributed by atoms with E-state index in [0.29, 0.717) is 5.02 Å². The van der Waals surface area contributed by atoms with Crippen molar-refractivity contribution in [3.05, 3.63) is 23.2 Å². The van der Waals surface area contributed by atoms with Crippen LogP contribution in [0, 0.1) is 0 Å². The molecule has 1 heterocycles. The summed E-state index contributed by atoms with van der Waals surface area (Å²) >= 11 is 7.55. The Labute approximate surface area is 92.9 Å². The molecule has 0 atom stereocenters. The molecule has 0 saturated carbocycles. The van der Waals surface area contributed by atoms with Crippen LogP contribution in [0.4, 0.5) is 5.13 Å². The Bertz CT molecular complexity index is 411. The van der Waals surface area contributed by atoms with Gasteiger partial charge in [-0.2, -0.15) is 0 Å². The van der Waals surface area contributed by atoms with Gasteiger partial charge < -0.3 is 5.32 Å². The third-order valence-corrected chi connectivity index (χ3v) is 2.93. The number of fused-ring (bicyclic) bond motifs is 1. The summed E-state index contributed by atoms with van der Waals surface area (Å²) in [5, 5.41) is 4.61. The summed E-state index contributed by atoms with van der Waals surface area (Å²) in [5.74, 6) is 0. The Kier molecular flexibility index (Phi) is 4.17. The number of rotatable bonds is 1. The molecule has 0 fully saturated rings. The SMILES string of the molecule is CC.CNc1nc2c(Cl)cccc2s1. The molecule has 2 aromatic rings. The first-order valence-electron chi connectivity index (χ1n) is 4.54. The van der Waals surface area contributed by atoms with Gasteiger partial charge in [-0.3, -0.25) is 0 Å². The molecular formula is C10H13ClN2S. The van der Waals surface area contributed by atoms with Crippen molar-refractivity contribution in [2.45, 2.75) is 13.8 Å². The Morgan fingerprint density at radius 3 is 2.64 bits per heavy atom. The zero-order chi connectivity index (χ0) is 10.6. The Hall–Kier alpha value is -0.800. The van der Waals surface area contributed by atoms with Crippen molar-refractivity contribution < 1.29 is 0 Å². The van der Waals surface area contributed by atoms with Crippen LogP contribution in [0.3, 0.4) is 0 Å². The van der Waals surface area contributed by atoms with E-state index in [1.165, 1.54) is 0 Å². The molecule has 0 aliphatic heterocycles. The van der Waals surface area contributed by atoms with Gasteiger partial charge in [0, 0.05) is 7.05 Å². The van der Waals surface area contributed by atoms with E-state index >= 15 is 0 Å². The van der Waals surface area contributed by atoms with Gasteiger partial charge in [-0.15, -0.1) is 0 Å². The van der Waals surface area contributed by atoms with Crippen molar-refractivity contribution in [3.8, 4) is 0 Å². The van der Waals surface area contributed by atoms with Gasteiger partial charge in [-0.1, -0.05) is 42.9 Å². The fraction of sp³-hybridized carbons (Fsp3) is 0.300. The molecular weight excluding hydrogens is 216 g/mol. The zero-order valence-corrected chi connectivity index (χ0v) is 10.0. The second-order valence-electron chi connectivity index (χ2n) is 2.36. The van der Waals surface area contributed by atoms with Gasteiger partial charge in [0.2, 0.25) is 0 Å². The minimum Gasteiger partial charge on any atom is -0.365 e. The maximum atomic E-state index is 5.94. The summed E-state index contributed by atoms with van der Waals surface area (Å²) in [5.41, 5.74) is 0.883. The van der Waals surface area contributed by atoms with Crippen molar-refractivity contribution in [2.75, 3.05) is 12.4 Å². The number of nitrogens with zero attached hydrogens (tertiary/aromatic N) is 1. The van der Waals surface area contributed by atoms with Crippen LogP contribution < -0.4 is 5.32 Å².